The summed E-state index contributed by atoms with van der Waals surface area (Å²) < 4.78 is 52.4. The van der Waals surface area contributed by atoms with Crippen LogP contribution in [0.1, 0.15) is 194 Å². The summed E-state index contributed by atoms with van der Waals surface area (Å²) in [6.45, 7) is 37.2. The van der Waals surface area contributed by atoms with Crippen molar-refractivity contribution in [2.75, 3.05) is 13.2 Å². The van der Waals surface area contributed by atoms with Crippen LogP contribution < -0.4 is 0 Å². The Morgan fingerprint density at radius 2 is 1.46 bits per heavy atom. The summed E-state index contributed by atoms with van der Waals surface area (Å²) in [5.41, 5.74) is -3.85. The number of hydrogen-bond donors (Lipinski definition) is 7. The maximum Gasteiger partial charge on any atom is 0.334 e. The van der Waals surface area contributed by atoms with Crippen molar-refractivity contribution in [1.29, 1.82) is 0 Å². The molecule has 5 heterocycles. The lowest BCUT2D eigenvalue weighted by Gasteiger charge is -2.65. The molecule has 0 aromatic carbocycles. The summed E-state index contributed by atoms with van der Waals surface area (Å²) in [6.07, 6.45) is 6.72. The van der Waals surface area contributed by atoms with Crippen LogP contribution in [0.2, 0.25) is 0 Å². The third-order valence-electron chi connectivity index (χ3n) is 30.5. The van der Waals surface area contributed by atoms with Crippen LogP contribution in [0, 0.1) is 85.2 Å². The number of hydrogen-bond acceptors (Lipinski definition) is 17. The first-order valence-electron chi connectivity index (χ1n) is 35.5. The highest BCUT2D eigenvalue weighted by molar-refractivity contribution is 5.93. The van der Waals surface area contributed by atoms with Crippen molar-refractivity contribution in [3.63, 3.8) is 0 Å². The van der Waals surface area contributed by atoms with Gasteiger partial charge in [0.25, 0.3) is 0 Å². The van der Waals surface area contributed by atoms with Gasteiger partial charge in [-0.15, -0.1) is 0 Å². The van der Waals surface area contributed by atoms with Crippen molar-refractivity contribution in [2.45, 2.75) is 288 Å². The maximum atomic E-state index is 15.6. The van der Waals surface area contributed by atoms with Crippen LogP contribution in [0.4, 0.5) is 4.39 Å². The molecule has 12 fully saturated rings. The van der Waals surface area contributed by atoms with E-state index >= 15 is 4.39 Å². The van der Waals surface area contributed by atoms with Crippen LogP contribution in [-0.2, 0) is 47.6 Å². The zero-order valence-corrected chi connectivity index (χ0v) is 58.3. The Kier molecular flexibility index (Phi) is 14.7. The summed E-state index contributed by atoms with van der Waals surface area (Å²) in [7, 11) is 0. The van der Waals surface area contributed by atoms with Crippen molar-refractivity contribution in [1.82, 2.24) is 0 Å². The molecule has 520 valence electrons. The van der Waals surface area contributed by atoms with Gasteiger partial charge in [0.1, 0.15) is 60.3 Å². The number of esters is 1. The van der Waals surface area contributed by atoms with Crippen molar-refractivity contribution >= 4 is 23.3 Å². The van der Waals surface area contributed by atoms with Gasteiger partial charge in [0, 0.05) is 46.0 Å². The standard InChI is InChI=1S/C31H48O6.C25H35FO5.C20H24O6/c1-17-20(32)14-19-18(27(17,4)5)10-11-22-28(6)15-21(33)25(29(28,7)16-24(35)30(19,22)8)31(9,37)23(34)12-13-26(2,3)36;1-13-6-7-23(4)16(8-13)17(26)9-14-15-10-20-25(19(29)12-27,31-22(2,3)30-20)24(15,5)11-18(28)21(14)23;1-8(2)18-13(25-18)14-20(26-14)17(3)5-4-9-10(7-23-15(9)21)11(17)6-12-19(20,24-12)16(18)22/h10,19-22,25,32-33,36-37H,1,11-16H2,2-9H3;8,14-15,17-18,20-21,27-28H,1,6-7,9-12H2,2-5H3;8,11-14,16,22H,4-7H2,1-3H3/t19?,20-,21+,22?,25?,28-,29+,30-,31-;14?,15?,17-,18-,20+,21?,23-,24-,25+;11?,12-,13-,14-,16+,17-,18-,19+,20+/m000/s1. The molecule has 0 amide bonds. The van der Waals surface area contributed by atoms with Gasteiger partial charge < -0.3 is 64.2 Å². The number of aliphatic hydroxyl groups excluding tert-OH is 5. The predicted octanol–water partition coefficient (Wildman–Crippen LogP) is 8.73. The number of epoxide rings is 3. The van der Waals surface area contributed by atoms with Crippen LogP contribution in [-0.4, -0.2) is 167 Å². The van der Waals surface area contributed by atoms with E-state index in [-0.39, 0.29) is 96.2 Å². The first-order chi connectivity index (χ1) is 43.4. The Bertz CT molecular complexity index is 3430. The summed E-state index contributed by atoms with van der Waals surface area (Å²) in [5.74, 6) is -2.59. The lowest BCUT2D eigenvalue weighted by atomic mass is 9.38. The number of rotatable bonds is 8. The van der Waals surface area contributed by atoms with Crippen LogP contribution in [0.3, 0.4) is 0 Å². The molecule has 0 aromatic heterocycles. The van der Waals surface area contributed by atoms with Crippen LogP contribution >= 0.6 is 0 Å². The smallest absolute Gasteiger partial charge is 0.334 e. The fourth-order valence-corrected chi connectivity index (χ4v) is 25.5. The van der Waals surface area contributed by atoms with Gasteiger partial charge in [-0.3, -0.25) is 14.4 Å². The van der Waals surface area contributed by atoms with Gasteiger partial charge >= 0.3 is 5.97 Å². The molecule has 17 nitrogen and oxygen atoms in total. The van der Waals surface area contributed by atoms with Crippen molar-refractivity contribution in [3.05, 3.63) is 58.7 Å². The number of ketones is 3. The number of ether oxygens (including phenoxy) is 6. The molecule has 11 aliphatic carbocycles. The number of alkyl halides is 1. The number of cyclic esters (lactones) is 1. The van der Waals surface area contributed by atoms with Crippen molar-refractivity contribution in [2.24, 2.45) is 85.2 Å². The van der Waals surface area contributed by atoms with E-state index in [9.17, 15) is 54.9 Å². The van der Waals surface area contributed by atoms with Gasteiger partial charge in [0.05, 0.1) is 36.1 Å². The molecule has 94 heavy (non-hydrogen) atoms. The fourth-order valence-electron chi connectivity index (χ4n) is 25.5. The molecule has 7 unspecified atom stereocenters. The van der Waals surface area contributed by atoms with Gasteiger partial charge in [0.15, 0.2) is 28.6 Å². The molecule has 2 spiro atoms. The Morgan fingerprint density at radius 1 is 0.777 bits per heavy atom. The van der Waals surface area contributed by atoms with E-state index in [1.807, 2.05) is 26.8 Å². The third kappa shape index (κ3) is 8.23. The number of halogens is 1. The maximum absolute atomic E-state index is 15.6. The van der Waals surface area contributed by atoms with E-state index in [1.165, 1.54) is 12.5 Å². The second-order valence-electron chi connectivity index (χ2n) is 36.2. The van der Waals surface area contributed by atoms with Gasteiger partial charge in [-0.2, -0.15) is 0 Å². The monoisotopic (exact) mass is 1310 g/mol. The number of Topliss-reactive ketones (excluding diaryl/α,β-unsaturated/α-hetero) is 3. The zero-order valence-electron chi connectivity index (χ0n) is 58.3. The van der Waals surface area contributed by atoms with E-state index in [4.69, 9.17) is 28.4 Å². The zero-order chi connectivity index (χ0) is 68.6. The summed E-state index contributed by atoms with van der Waals surface area (Å²) in [4.78, 5) is 52.9. The van der Waals surface area contributed by atoms with Crippen LogP contribution in [0.25, 0.3) is 0 Å². The number of allylic oxidation sites excluding steroid dienone is 5. The minimum atomic E-state index is -1.83. The highest BCUT2D eigenvalue weighted by Gasteiger charge is 3.00. The van der Waals surface area contributed by atoms with E-state index < -0.39 is 133 Å². The number of carbonyl (C=O) groups is 4. The second kappa shape index (κ2) is 20.4. The summed E-state index contributed by atoms with van der Waals surface area (Å²) in [6, 6.07) is 0. The molecular formula is C76H107FO17. The largest absolute Gasteiger partial charge is 0.458 e. The summed E-state index contributed by atoms with van der Waals surface area (Å²) in [5, 5.41) is 77.1. The Labute approximate surface area is 554 Å². The van der Waals surface area contributed by atoms with E-state index in [0.717, 1.165) is 60.0 Å². The minimum Gasteiger partial charge on any atom is -0.458 e. The fraction of sp³-hybridized carbons (Fsp3) is 0.816. The molecule has 5 aliphatic heterocycles. The molecule has 27 atom stereocenters. The van der Waals surface area contributed by atoms with E-state index in [1.54, 1.807) is 27.7 Å². The van der Waals surface area contributed by atoms with Crippen molar-refractivity contribution in [3.8, 4) is 0 Å². The molecule has 16 aliphatic rings. The molecule has 16 rings (SSSR count). The highest BCUT2D eigenvalue weighted by atomic mass is 19.1. The second-order valence-corrected chi connectivity index (χ2v) is 36.2. The molecule has 7 N–H and O–H groups in total. The molecule has 4 saturated heterocycles. The lowest BCUT2D eigenvalue weighted by molar-refractivity contribution is -0.228. The quantitative estimate of drug-likeness (QED) is 0.0680. The Morgan fingerprint density at radius 3 is 2.12 bits per heavy atom. The Balaban J connectivity index is 0.000000123. The SMILES string of the molecule is C=C1C=C2[C@@H](F)CC3C([C@@H](O)C[C@@]4(C)C3C[C@H]3OC(C)(C)O[C@]34C(=O)CO)[C@@]2(C)CC1.C=C1[C@@H](O)CC2C(=CCC3[C@@]2(C)C(=O)C[C@]2(C)C([C@@](C)(O)C(=O)CCC(C)(C)O)[C@H](O)C[C@@]32C)C1(C)C.CC(C)[C@]12O[C@H]1[C@@H]1O[C@]13[C@]1(O[C@H]1CC1C4=C(CC[C@@]13C)C(=O)OC4)[C@@H]2O. The van der Waals surface area contributed by atoms with Gasteiger partial charge in [-0.25, -0.2) is 9.18 Å². The molecule has 0 bridgehead atoms. The molecule has 0 radical (unpaired) electrons. The van der Waals surface area contributed by atoms with Gasteiger partial charge in [0.2, 0.25) is 0 Å². The molecule has 18 heteroatoms. The molecule has 0 aromatic rings. The third-order valence-corrected chi connectivity index (χ3v) is 30.5. The van der Waals surface area contributed by atoms with Gasteiger partial charge in [-0.05, 0) is 186 Å². The van der Waals surface area contributed by atoms with E-state index in [2.05, 4.69) is 67.7 Å². The van der Waals surface area contributed by atoms with Crippen LogP contribution in [0.5, 0.6) is 0 Å². The van der Waals surface area contributed by atoms with Crippen LogP contribution in [0.15, 0.2) is 58.7 Å². The minimum absolute atomic E-state index is 0.00731. The molecular weight excluding hydrogens is 1200 g/mol. The number of carbonyl (C=O) groups excluding carboxylic acids is 4. The average molecular weight is 1310 g/mol. The number of fused-ring (bicyclic) bond motifs is 16. The topological polar surface area (TPSA) is 275 Å². The number of aliphatic hydroxyl groups is 7. The normalized spacial score (nSPS) is 52.5. The average Bonchev–Trinajstić information content (AvgIpc) is 1.41. The first kappa shape index (κ1) is 67.8. The first-order valence-corrected chi connectivity index (χ1v) is 35.5. The summed E-state index contributed by atoms with van der Waals surface area (Å²) >= 11 is 0. The lowest BCUT2D eigenvalue weighted by Crippen LogP contribution is -2.69. The highest BCUT2D eigenvalue weighted by Crippen LogP contribution is 2.83. The van der Waals surface area contributed by atoms with E-state index in [0.29, 0.717) is 45.1 Å². The predicted molar refractivity (Wildman–Crippen MR) is 342 cm³/mol. The molecule has 8 saturated carbocycles. The van der Waals surface area contributed by atoms with Crippen molar-refractivity contribution < 1.29 is 87.7 Å². The van der Waals surface area contributed by atoms with Gasteiger partial charge in [-0.1, -0.05) is 106 Å². The Hall–Kier alpha value is -3.37.